The van der Waals surface area contributed by atoms with Crippen LogP contribution in [0.3, 0.4) is 0 Å². The molecule has 1 aliphatic heterocycles. The van der Waals surface area contributed by atoms with Gasteiger partial charge in [-0.3, -0.25) is 0 Å². The summed E-state index contributed by atoms with van der Waals surface area (Å²) in [4.78, 5) is 0. The third-order valence-corrected chi connectivity index (χ3v) is 3.09. The van der Waals surface area contributed by atoms with Crippen LogP contribution in [0.5, 0.6) is 0 Å². The van der Waals surface area contributed by atoms with Gasteiger partial charge in [0.15, 0.2) is 0 Å². The van der Waals surface area contributed by atoms with Gasteiger partial charge in [0, 0.05) is 30.2 Å². The Morgan fingerprint density at radius 3 is 3.07 bits per heavy atom. The Balaban J connectivity index is 2.24. The number of aryl methyl sites for hydroxylation is 1. The molecule has 0 unspecified atom stereocenters. The number of nitrogens with zero attached hydrogens (tertiary/aromatic N) is 1. The first-order chi connectivity index (χ1) is 6.84. The summed E-state index contributed by atoms with van der Waals surface area (Å²) in [7, 11) is 0. The summed E-state index contributed by atoms with van der Waals surface area (Å²) >= 11 is 0. The molecule has 2 heteroatoms. The topological polar surface area (TPSA) is 30.9 Å². The largest absolute Gasteiger partial charge is 0.344 e. The highest BCUT2D eigenvalue weighted by atomic mass is 15.0. The zero-order valence-corrected chi connectivity index (χ0v) is 8.11. The average Bonchev–Trinajstić information content (AvgIpc) is 2.54. The molecule has 2 nitrogen and oxygen atoms in total. The maximum absolute atomic E-state index is 5.96. The minimum absolute atomic E-state index is 0.354. The predicted molar refractivity (Wildman–Crippen MR) is 58.2 cm³/mol. The summed E-state index contributed by atoms with van der Waals surface area (Å²) in [6.07, 6.45) is 2.13. The molecule has 0 aliphatic carbocycles. The molecule has 0 spiro atoms. The SMILES string of the molecule is N[C@H]1CCn2c(cc3ccccc32)C1. The monoisotopic (exact) mass is 186 g/mol. The molecule has 1 aromatic heterocycles. The van der Waals surface area contributed by atoms with E-state index in [1.165, 1.54) is 16.6 Å². The Bertz CT molecular complexity index is 470. The van der Waals surface area contributed by atoms with Gasteiger partial charge in [-0.05, 0) is 23.9 Å². The fourth-order valence-electron chi connectivity index (χ4n) is 2.37. The van der Waals surface area contributed by atoms with Crippen molar-refractivity contribution in [2.45, 2.75) is 25.4 Å². The summed E-state index contributed by atoms with van der Waals surface area (Å²) in [6, 6.07) is 11.2. The number of fused-ring (bicyclic) bond motifs is 3. The van der Waals surface area contributed by atoms with Gasteiger partial charge in [-0.2, -0.15) is 0 Å². The second kappa shape index (κ2) is 2.85. The Labute approximate surface area is 83.3 Å². The van der Waals surface area contributed by atoms with Crippen molar-refractivity contribution in [3.63, 3.8) is 0 Å². The minimum Gasteiger partial charge on any atom is -0.344 e. The van der Waals surface area contributed by atoms with Crippen LogP contribution < -0.4 is 5.73 Å². The van der Waals surface area contributed by atoms with Crippen LogP contribution in [0.25, 0.3) is 10.9 Å². The molecule has 1 aliphatic rings. The van der Waals surface area contributed by atoms with Crippen LogP contribution in [0.15, 0.2) is 30.3 Å². The van der Waals surface area contributed by atoms with E-state index in [-0.39, 0.29) is 0 Å². The number of hydrogen-bond acceptors (Lipinski definition) is 1. The first-order valence-electron chi connectivity index (χ1n) is 5.17. The Hall–Kier alpha value is -1.28. The van der Waals surface area contributed by atoms with Crippen LogP contribution in [0.4, 0.5) is 0 Å². The molecule has 0 saturated carbocycles. The number of benzene rings is 1. The lowest BCUT2D eigenvalue weighted by atomic mass is 10.1. The summed E-state index contributed by atoms with van der Waals surface area (Å²) < 4.78 is 2.40. The third kappa shape index (κ3) is 1.07. The van der Waals surface area contributed by atoms with E-state index in [1.807, 2.05) is 0 Å². The molecule has 0 fully saturated rings. The van der Waals surface area contributed by atoms with E-state index in [0.717, 1.165) is 19.4 Å². The molecule has 72 valence electrons. The van der Waals surface area contributed by atoms with Crippen molar-refractivity contribution >= 4 is 10.9 Å². The number of rotatable bonds is 0. The molecule has 0 bridgehead atoms. The fourth-order valence-corrected chi connectivity index (χ4v) is 2.37. The quantitative estimate of drug-likeness (QED) is 0.669. The molecule has 1 atom stereocenters. The van der Waals surface area contributed by atoms with Gasteiger partial charge in [-0.1, -0.05) is 18.2 Å². The van der Waals surface area contributed by atoms with E-state index in [9.17, 15) is 0 Å². The highest BCUT2D eigenvalue weighted by Gasteiger charge is 2.16. The second-order valence-electron chi connectivity index (χ2n) is 4.10. The smallest absolute Gasteiger partial charge is 0.0482 e. The van der Waals surface area contributed by atoms with Gasteiger partial charge in [0.1, 0.15) is 0 Å². The zero-order valence-electron chi connectivity index (χ0n) is 8.11. The molecule has 1 aromatic carbocycles. The van der Waals surface area contributed by atoms with Crippen molar-refractivity contribution in [3.05, 3.63) is 36.0 Å². The van der Waals surface area contributed by atoms with E-state index >= 15 is 0 Å². The van der Waals surface area contributed by atoms with Crippen molar-refractivity contribution in [1.29, 1.82) is 0 Å². The molecule has 0 amide bonds. The predicted octanol–water partition coefficient (Wildman–Crippen LogP) is 1.91. The van der Waals surface area contributed by atoms with Crippen molar-refractivity contribution in [2.75, 3.05) is 0 Å². The third-order valence-electron chi connectivity index (χ3n) is 3.09. The Kier molecular flexibility index (Phi) is 1.64. The van der Waals surface area contributed by atoms with Crippen molar-refractivity contribution in [1.82, 2.24) is 4.57 Å². The van der Waals surface area contributed by atoms with Crippen LogP contribution in [0.2, 0.25) is 0 Å². The van der Waals surface area contributed by atoms with Crippen LogP contribution >= 0.6 is 0 Å². The van der Waals surface area contributed by atoms with Gasteiger partial charge in [0.05, 0.1) is 0 Å². The highest BCUT2D eigenvalue weighted by molar-refractivity contribution is 5.81. The molecule has 3 rings (SSSR count). The van der Waals surface area contributed by atoms with Gasteiger partial charge in [-0.25, -0.2) is 0 Å². The summed E-state index contributed by atoms with van der Waals surface area (Å²) in [5, 5.41) is 1.34. The summed E-state index contributed by atoms with van der Waals surface area (Å²) in [6.45, 7) is 1.07. The second-order valence-corrected chi connectivity index (χ2v) is 4.10. The molecule has 0 radical (unpaired) electrons. The van der Waals surface area contributed by atoms with Crippen molar-refractivity contribution in [2.24, 2.45) is 5.73 Å². The fraction of sp³-hybridized carbons (Fsp3) is 0.333. The molecular formula is C12H14N2. The van der Waals surface area contributed by atoms with E-state index in [4.69, 9.17) is 5.73 Å². The number of hydrogen-bond donors (Lipinski definition) is 1. The molecule has 2 N–H and O–H groups in total. The van der Waals surface area contributed by atoms with E-state index in [0.29, 0.717) is 6.04 Å². The number of aromatic nitrogens is 1. The van der Waals surface area contributed by atoms with Crippen LogP contribution in [0, 0.1) is 0 Å². The van der Waals surface area contributed by atoms with Crippen LogP contribution in [-0.4, -0.2) is 10.6 Å². The Morgan fingerprint density at radius 2 is 2.14 bits per heavy atom. The summed E-state index contributed by atoms with van der Waals surface area (Å²) in [5.74, 6) is 0. The zero-order chi connectivity index (χ0) is 9.54. The average molecular weight is 186 g/mol. The number of para-hydroxylation sites is 1. The lowest BCUT2D eigenvalue weighted by molar-refractivity contribution is 0.480. The first kappa shape index (κ1) is 8.06. The van der Waals surface area contributed by atoms with Crippen LogP contribution in [0.1, 0.15) is 12.1 Å². The van der Waals surface area contributed by atoms with Crippen molar-refractivity contribution in [3.8, 4) is 0 Å². The molecular weight excluding hydrogens is 172 g/mol. The molecule has 14 heavy (non-hydrogen) atoms. The first-order valence-corrected chi connectivity index (χ1v) is 5.17. The van der Waals surface area contributed by atoms with E-state index < -0.39 is 0 Å². The van der Waals surface area contributed by atoms with E-state index in [1.54, 1.807) is 0 Å². The minimum atomic E-state index is 0.354. The maximum Gasteiger partial charge on any atom is 0.0482 e. The van der Waals surface area contributed by atoms with Gasteiger partial charge in [0.25, 0.3) is 0 Å². The summed E-state index contributed by atoms with van der Waals surface area (Å²) in [5.41, 5.74) is 8.71. The lowest BCUT2D eigenvalue weighted by Gasteiger charge is -2.21. The molecule has 2 heterocycles. The van der Waals surface area contributed by atoms with Gasteiger partial charge in [-0.15, -0.1) is 0 Å². The maximum atomic E-state index is 5.96. The number of nitrogens with two attached hydrogens (primary N) is 1. The standard InChI is InChI=1S/C12H14N2/c13-10-5-6-14-11(8-10)7-9-3-1-2-4-12(9)14/h1-4,7,10H,5-6,8,13H2/t10-/m0/s1. The highest BCUT2D eigenvalue weighted by Crippen LogP contribution is 2.24. The Morgan fingerprint density at radius 1 is 1.29 bits per heavy atom. The van der Waals surface area contributed by atoms with E-state index in [2.05, 4.69) is 34.9 Å². The van der Waals surface area contributed by atoms with Crippen molar-refractivity contribution < 1.29 is 0 Å². The van der Waals surface area contributed by atoms with Crippen LogP contribution in [-0.2, 0) is 13.0 Å². The van der Waals surface area contributed by atoms with Gasteiger partial charge >= 0.3 is 0 Å². The molecule has 0 saturated heterocycles. The normalized spacial score (nSPS) is 21.1. The lowest BCUT2D eigenvalue weighted by Crippen LogP contribution is -2.30. The van der Waals surface area contributed by atoms with Gasteiger partial charge < -0.3 is 10.3 Å². The molecule has 2 aromatic rings. The van der Waals surface area contributed by atoms with Gasteiger partial charge in [0.2, 0.25) is 0 Å².